The van der Waals surface area contributed by atoms with Gasteiger partial charge in [-0.3, -0.25) is 9.89 Å². The average Bonchev–Trinajstić information content (AvgIpc) is 3.05. The molecule has 22 heavy (non-hydrogen) atoms. The summed E-state index contributed by atoms with van der Waals surface area (Å²) in [4.78, 5) is 16.6. The number of hydrogen-bond donors (Lipinski definition) is 2. The summed E-state index contributed by atoms with van der Waals surface area (Å²) in [6, 6.07) is 7.87. The van der Waals surface area contributed by atoms with Crippen LogP contribution in [0.1, 0.15) is 48.3 Å². The molecule has 114 valence electrons. The van der Waals surface area contributed by atoms with Crippen LogP contribution in [-0.2, 0) is 9.53 Å². The lowest BCUT2D eigenvalue weighted by molar-refractivity contribution is -0.116. The molecule has 2 aliphatic heterocycles. The number of H-pyrrole nitrogens is 1. The highest BCUT2D eigenvalue weighted by Crippen LogP contribution is 2.36. The molecule has 2 N–H and O–H groups in total. The highest BCUT2D eigenvalue weighted by Gasteiger charge is 2.29. The van der Waals surface area contributed by atoms with Crippen LogP contribution in [0, 0.1) is 0 Å². The van der Waals surface area contributed by atoms with E-state index in [1.165, 1.54) is 0 Å². The number of rotatable bonds is 2. The van der Waals surface area contributed by atoms with Crippen LogP contribution >= 0.6 is 0 Å². The molecule has 0 spiro atoms. The number of fused-ring (bicyclic) bond motifs is 1. The third-order valence-corrected chi connectivity index (χ3v) is 4.44. The standard InChI is InChI=1S/C16H18N4O2/c21-14-9-12(11-3-1-2-4-13(11)17-14)16-18-15(19-20-16)10-5-7-22-8-6-10/h1-4,10,12H,5-9H2,(H,17,21)(H,18,19,20)/t12-/m1/s1. The molecule has 0 aliphatic carbocycles. The second kappa shape index (κ2) is 5.53. The monoisotopic (exact) mass is 298 g/mol. The molecular weight excluding hydrogens is 280 g/mol. The zero-order chi connectivity index (χ0) is 14.9. The maximum atomic E-state index is 11.9. The number of para-hydroxylation sites is 1. The Kier molecular flexibility index (Phi) is 3.38. The third-order valence-electron chi connectivity index (χ3n) is 4.44. The minimum Gasteiger partial charge on any atom is -0.381 e. The molecule has 6 nitrogen and oxygen atoms in total. The number of nitrogens with one attached hydrogen (secondary N) is 2. The molecule has 2 aliphatic rings. The van der Waals surface area contributed by atoms with Crippen molar-refractivity contribution in [1.29, 1.82) is 0 Å². The van der Waals surface area contributed by atoms with Crippen molar-refractivity contribution in [2.24, 2.45) is 0 Å². The fourth-order valence-electron chi connectivity index (χ4n) is 3.24. The predicted molar refractivity (Wildman–Crippen MR) is 80.7 cm³/mol. The van der Waals surface area contributed by atoms with Crippen molar-refractivity contribution in [2.45, 2.75) is 31.1 Å². The van der Waals surface area contributed by atoms with Crippen molar-refractivity contribution in [3.05, 3.63) is 41.5 Å². The van der Waals surface area contributed by atoms with Crippen LogP contribution in [0.25, 0.3) is 0 Å². The molecule has 3 heterocycles. The Morgan fingerprint density at radius 3 is 2.86 bits per heavy atom. The number of amides is 1. The van der Waals surface area contributed by atoms with Crippen LogP contribution in [0.5, 0.6) is 0 Å². The van der Waals surface area contributed by atoms with E-state index >= 15 is 0 Å². The maximum absolute atomic E-state index is 11.9. The second-order valence-corrected chi connectivity index (χ2v) is 5.86. The molecule has 1 atom stereocenters. The van der Waals surface area contributed by atoms with Gasteiger partial charge in [-0.2, -0.15) is 5.10 Å². The maximum Gasteiger partial charge on any atom is 0.225 e. The molecular formula is C16H18N4O2. The first kappa shape index (κ1) is 13.5. The van der Waals surface area contributed by atoms with Crippen LogP contribution in [-0.4, -0.2) is 34.3 Å². The summed E-state index contributed by atoms with van der Waals surface area (Å²) >= 11 is 0. The van der Waals surface area contributed by atoms with E-state index in [1.807, 2.05) is 24.3 Å². The summed E-state index contributed by atoms with van der Waals surface area (Å²) in [5, 5.41) is 10.4. The minimum atomic E-state index is -0.0500. The molecule has 0 radical (unpaired) electrons. The Morgan fingerprint density at radius 1 is 1.18 bits per heavy atom. The summed E-state index contributed by atoms with van der Waals surface area (Å²) in [6.07, 6.45) is 2.32. The molecule has 1 saturated heterocycles. The number of hydrogen-bond acceptors (Lipinski definition) is 4. The summed E-state index contributed by atoms with van der Waals surface area (Å²) in [7, 11) is 0. The van der Waals surface area contributed by atoms with Gasteiger partial charge in [0.25, 0.3) is 0 Å². The normalized spacial score (nSPS) is 22.2. The first-order chi connectivity index (χ1) is 10.8. The van der Waals surface area contributed by atoms with Gasteiger partial charge in [0.2, 0.25) is 5.91 Å². The van der Waals surface area contributed by atoms with E-state index in [4.69, 9.17) is 4.74 Å². The molecule has 1 aromatic carbocycles. The third kappa shape index (κ3) is 2.39. The largest absolute Gasteiger partial charge is 0.381 e. The topological polar surface area (TPSA) is 79.9 Å². The molecule has 2 aromatic rings. The summed E-state index contributed by atoms with van der Waals surface area (Å²) in [5.74, 6) is 1.95. The summed E-state index contributed by atoms with van der Waals surface area (Å²) < 4.78 is 5.39. The first-order valence-electron chi connectivity index (χ1n) is 7.70. The molecule has 0 unspecified atom stereocenters. The number of nitrogens with zero attached hydrogens (tertiary/aromatic N) is 2. The van der Waals surface area contributed by atoms with Gasteiger partial charge in [-0.1, -0.05) is 18.2 Å². The van der Waals surface area contributed by atoms with Crippen LogP contribution in [0.2, 0.25) is 0 Å². The number of aromatic nitrogens is 3. The van der Waals surface area contributed by atoms with Crippen molar-refractivity contribution in [2.75, 3.05) is 18.5 Å². The molecule has 4 rings (SSSR count). The number of aromatic amines is 1. The molecule has 0 saturated carbocycles. The lowest BCUT2D eigenvalue weighted by Crippen LogP contribution is -2.24. The Morgan fingerprint density at radius 2 is 2.00 bits per heavy atom. The van der Waals surface area contributed by atoms with Gasteiger partial charge in [0.15, 0.2) is 5.82 Å². The van der Waals surface area contributed by atoms with E-state index in [9.17, 15) is 4.79 Å². The van der Waals surface area contributed by atoms with Gasteiger partial charge < -0.3 is 10.1 Å². The molecule has 6 heteroatoms. The van der Waals surface area contributed by atoms with Crippen LogP contribution in [0.15, 0.2) is 24.3 Å². The van der Waals surface area contributed by atoms with Gasteiger partial charge >= 0.3 is 0 Å². The fourth-order valence-corrected chi connectivity index (χ4v) is 3.24. The summed E-state index contributed by atoms with van der Waals surface area (Å²) in [5.41, 5.74) is 1.96. The van der Waals surface area contributed by atoms with E-state index in [-0.39, 0.29) is 11.8 Å². The Labute approximate surface area is 128 Å². The number of carbonyl (C=O) groups excluding carboxylic acids is 1. The summed E-state index contributed by atoms with van der Waals surface area (Å²) in [6.45, 7) is 1.53. The predicted octanol–water partition coefficient (Wildman–Crippen LogP) is 2.17. The van der Waals surface area contributed by atoms with E-state index in [1.54, 1.807) is 0 Å². The van der Waals surface area contributed by atoms with E-state index in [2.05, 4.69) is 20.5 Å². The van der Waals surface area contributed by atoms with E-state index < -0.39 is 0 Å². The van der Waals surface area contributed by atoms with Crippen molar-refractivity contribution >= 4 is 11.6 Å². The van der Waals surface area contributed by atoms with Gasteiger partial charge in [0.05, 0.1) is 5.92 Å². The number of anilines is 1. The SMILES string of the molecule is O=C1C[C@@H](c2nc(C3CCOCC3)n[nH]2)c2ccccc2N1. The van der Waals surface area contributed by atoms with Gasteiger partial charge in [0, 0.05) is 31.2 Å². The Balaban J connectivity index is 1.65. The van der Waals surface area contributed by atoms with Crippen molar-refractivity contribution in [3.8, 4) is 0 Å². The molecule has 0 bridgehead atoms. The Hall–Kier alpha value is -2.21. The van der Waals surface area contributed by atoms with E-state index in [0.717, 1.165) is 49.0 Å². The van der Waals surface area contributed by atoms with Crippen molar-refractivity contribution < 1.29 is 9.53 Å². The van der Waals surface area contributed by atoms with E-state index in [0.29, 0.717) is 12.3 Å². The highest BCUT2D eigenvalue weighted by molar-refractivity contribution is 5.95. The number of carbonyl (C=O) groups is 1. The fraction of sp³-hybridized carbons (Fsp3) is 0.438. The van der Waals surface area contributed by atoms with Crippen molar-refractivity contribution in [1.82, 2.24) is 15.2 Å². The minimum absolute atomic E-state index is 0.0210. The quantitative estimate of drug-likeness (QED) is 0.890. The molecule has 1 fully saturated rings. The van der Waals surface area contributed by atoms with Gasteiger partial charge in [0.1, 0.15) is 5.82 Å². The van der Waals surface area contributed by atoms with Crippen LogP contribution < -0.4 is 5.32 Å². The zero-order valence-corrected chi connectivity index (χ0v) is 12.2. The number of ether oxygens (including phenoxy) is 1. The van der Waals surface area contributed by atoms with Gasteiger partial charge in [-0.15, -0.1) is 0 Å². The average molecular weight is 298 g/mol. The molecule has 1 amide bonds. The lowest BCUT2D eigenvalue weighted by atomic mass is 9.90. The van der Waals surface area contributed by atoms with Crippen LogP contribution in [0.4, 0.5) is 5.69 Å². The highest BCUT2D eigenvalue weighted by atomic mass is 16.5. The first-order valence-corrected chi connectivity index (χ1v) is 7.70. The van der Waals surface area contributed by atoms with Gasteiger partial charge in [-0.05, 0) is 24.5 Å². The van der Waals surface area contributed by atoms with Crippen LogP contribution in [0.3, 0.4) is 0 Å². The van der Waals surface area contributed by atoms with Gasteiger partial charge in [-0.25, -0.2) is 4.98 Å². The zero-order valence-electron chi connectivity index (χ0n) is 12.2. The lowest BCUT2D eigenvalue weighted by Gasteiger charge is -2.23. The number of benzene rings is 1. The Bertz CT molecular complexity index is 691. The molecule has 1 aromatic heterocycles. The second-order valence-electron chi connectivity index (χ2n) is 5.86. The smallest absolute Gasteiger partial charge is 0.225 e. The van der Waals surface area contributed by atoms with Crippen molar-refractivity contribution in [3.63, 3.8) is 0 Å².